The summed E-state index contributed by atoms with van der Waals surface area (Å²) in [6, 6.07) is 5.20. The van der Waals surface area contributed by atoms with Crippen molar-refractivity contribution < 1.29 is 9.30 Å². The Labute approximate surface area is 97.6 Å². The van der Waals surface area contributed by atoms with Gasteiger partial charge < -0.3 is 9.64 Å². The molecule has 1 aliphatic heterocycles. The Balaban J connectivity index is 2.46. The lowest BCUT2D eigenvalue weighted by molar-refractivity contribution is -0.720. The number of hydrogen-bond acceptors (Lipinski definition) is 2. The van der Waals surface area contributed by atoms with Gasteiger partial charge in [-0.05, 0) is 33.8 Å². The van der Waals surface area contributed by atoms with E-state index in [1.807, 2.05) is 0 Å². The van der Waals surface area contributed by atoms with Gasteiger partial charge in [0.25, 0.3) is 0 Å². The lowest BCUT2D eigenvalue weighted by Gasteiger charge is -2.32. The minimum absolute atomic E-state index is 0.432. The first-order chi connectivity index (χ1) is 7.61. The summed E-state index contributed by atoms with van der Waals surface area (Å²) in [6.45, 7) is 10.6. The van der Waals surface area contributed by atoms with E-state index in [0.29, 0.717) is 12.1 Å². The molecule has 0 radical (unpaired) electrons. The average molecular weight is 221 g/mol. The van der Waals surface area contributed by atoms with E-state index in [0.717, 1.165) is 19.0 Å². The van der Waals surface area contributed by atoms with Gasteiger partial charge in [0.15, 0.2) is 17.9 Å². The summed E-state index contributed by atoms with van der Waals surface area (Å²) in [5.74, 6) is 1.01. The van der Waals surface area contributed by atoms with Gasteiger partial charge in [-0.3, -0.25) is 0 Å². The first kappa shape index (κ1) is 11.2. The van der Waals surface area contributed by atoms with Gasteiger partial charge in [-0.25, -0.2) is 0 Å². The van der Waals surface area contributed by atoms with Crippen molar-refractivity contribution in [1.82, 2.24) is 0 Å². The maximum Gasteiger partial charge on any atom is 0.392 e. The molecular formula is C13H21N2O+. The molecule has 0 aromatic carbocycles. The molecule has 0 saturated carbocycles. The normalized spacial score (nSPS) is 15.2. The summed E-state index contributed by atoms with van der Waals surface area (Å²) in [4.78, 5) is 2.40. The Kier molecular flexibility index (Phi) is 3.03. The zero-order valence-corrected chi connectivity index (χ0v) is 10.6. The molecule has 0 saturated heterocycles. The molecule has 1 aliphatic rings. The highest BCUT2D eigenvalue weighted by Crippen LogP contribution is 2.29. The minimum atomic E-state index is 0.432. The van der Waals surface area contributed by atoms with E-state index in [2.05, 4.69) is 55.5 Å². The second kappa shape index (κ2) is 4.32. The van der Waals surface area contributed by atoms with Gasteiger partial charge in [0.05, 0.1) is 6.54 Å². The number of anilines is 1. The first-order valence-electron chi connectivity index (χ1n) is 6.05. The van der Waals surface area contributed by atoms with Crippen molar-refractivity contribution in [3.05, 3.63) is 18.3 Å². The van der Waals surface area contributed by atoms with Crippen LogP contribution in [-0.4, -0.2) is 19.2 Å². The largest absolute Gasteiger partial charge is 0.441 e. The summed E-state index contributed by atoms with van der Waals surface area (Å²) in [7, 11) is 0. The van der Waals surface area contributed by atoms with E-state index in [1.54, 1.807) is 0 Å². The number of pyridine rings is 1. The highest BCUT2D eigenvalue weighted by atomic mass is 16.5. The van der Waals surface area contributed by atoms with Crippen molar-refractivity contribution in [3.63, 3.8) is 0 Å². The van der Waals surface area contributed by atoms with Gasteiger partial charge in [0.2, 0.25) is 0 Å². The SMILES string of the molecule is CC(C)N1CCOc2c1ccc[n+]2C(C)C. The zero-order chi connectivity index (χ0) is 11.7. The summed E-state index contributed by atoms with van der Waals surface area (Å²) < 4.78 is 8.02. The van der Waals surface area contributed by atoms with Gasteiger partial charge in [-0.1, -0.05) is 0 Å². The van der Waals surface area contributed by atoms with Crippen LogP contribution in [0.15, 0.2) is 18.3 Å². The standard InChI is InChI=1S/C13H21N2O/c1-10(2)14-8-9-16-13-12(14)6-5-7-15(13)11(3)4/h5-7,10-11H,8-9H2,1-4H3/q+1. The number of fused-ring (bicyclic) bond motifs is 1. The van der Waals surface area contributed by atoms with E-state index in [4.69, 9.17) is 4.74 Å². The van der Waals surface area contributed by atoms with Crippen molar-refractivity contribution in [2.24, 2.45) is 0 Å². The first-order valence-corrected chi connectivity index (χ1v) is 6.05. The maximum atomic E-state index is 5.82. The molecule has 88 valence electrons. The number of rotatable bonds is 2. The highest BCUT2D eigenvalue weighted by molar-refractivity contribution is 5.54. The quantitative estimate of drug-likeness (QED) is 0.712. The summed E-state index contributed by atoms with van der Waals surface area (Å²) >= 11 is 0. The average Bonchev–Trinajstić information content (AvgIpc) is 2.27. The molecule has 0 spiro atoms. The molecule has 0 aliphatic carbocycles. The third-order valence-corrected chi connectivity index (χ3v) is 3.01. The highest BCUT2D eigenvalue weighted by Gasteiger charge is 2.29. The zero-order valence-electron chi connectivity index (χ0n) is 10.6. The minimum Gasteiger partial charge on any atom is -0.441 e. The Hall–Kier alpha value is -1.25. The van der Waals surface area contributed by atoms with E-state index >= 15 is 0 Å². The number of hydrogen-bond donors (Lipinski definition) is 0. The molecule has 0 bridgehead atoms. The lowest BCUT2D eigenvalue weighted by Crippen LogP contribution is -2.45. The van der Waals surface area contributed by atoms with Crippen LogP contribution in [0.5, 0.6) is 5.88 Å². The second-order valence-corrected chi connectivity index (χ2v) is 4.84. The fraction of sp³-hybridized carbons (Fsp3) is 0.615. The Morgan fingerprint density at radius 1 is 1.31 bits per heavy atom. The van der Waals surface area contributed by atoms with Crippen LogP contribution in [0.3, 0.4) is 0 Å². The van der Waals surface area contributed by atoms with Crippen LogP contribution in [0.2, 0.25) is 0 Å². The molecule has 0 unspecified atom stereocenters. The van der Waals surface area contributed by atoms with Gasteiger partial charge >= 0.3 is 5.88 Å². The molecule has 2 heterocycles. The fourth-order valence-corrected chi connectivity index (χ4v) is 2.17. The molecule has 0 N–H and O–H groups in total. The van der Waals surface area contributed by atoms with Gasteiger partial charge in [-0.2, -0.15) is 4.57 Å². The Morgan fingerprint density at radius 2 is 2.06 bits per heavy atom. The molecular weight excluding hydrogens is 200 g/mol. The van der Waals surface area contributed by atoms with Gasteiger partial charge in [-0.15, -0.1) is 0 Å². The van der Waals surface area contributed by atoms with Crippen LogP contribution in [0.25, 0.3) is 0 Å². The Bertz CT molecular complexity index is 374. The van der Waals surface area contributed by atoms with Crippen LogP contribution in [0, 0.1) is 0 Å². The number of aromatic nitrogens is 1. The smallest absolute Gasteiger partial charge is 0.392 e. The molecule has 0 fully saturated rings. The fourth-order valence-electron chi connectivity index (χ4n) is 2.17. The third kappa shape index (κ3) is 1.86. The summed E-state index contributed by atoms with van der Waals surface area (Å²) in [5, 5.41) is 0. The predicted molar refractivity (Wildman–Crippen MR) is 65.0 cm³/mol. The Morgan fingerprint density at radius 3 is 2.69 bits per heavy atom. The van der Waals surface area contributed by atoms with Crippen molar-refractivity contribution in [3.8, 4) is 5.88 Å². The van der Waals surface area contributed by atoms with Crippen LogP contribution in [0.4, 0.5) is 5.69 Å². The van der Waals surface area contributed by atoms with E-state index < -0.39 is 0 Å². The summed E-state index contributed by atoms with van der Waals surface area (Å²) in [5.41, 5.74) is 1.22. The molecule has 3 heteroatoms. The molecule has 1 aromatic rings. The van der Waals surface area contributed by atoms with Gasteiger partial charge in [0, 0.05) is 12.1 Å². The molecule has 2 rings (SSSR count). The second-order valence-electron chi connectivity index (χ2n) is 4.84. The number of ether oxygens (including phenoxy) is 1. The van der Waals surface area contributed by atoms with Gasteiger partial charge in [0.1, 0.15) is 6.61 Å². The van der Waals surface area contributed by atoms with Crippen LogP contribution >= 0.6 is 0 Å². The van der Waals surface area contributed by atoms with Crippen molar-refractivity contribution in [2.75, 3.05) is 18.1 Å². The predicted octanol–water partition coefficient (Wildman–Crippen LogP) is 2.16. The van der Waals surface area contributed by atoms with E-state index in [9.17, 15) is 0 Å². The van der Waals surface area contributed by atoms with E-state index in [-0.39, 0.29) is 0 Å². The van der Waals surface area contributed by atoms with Crippen LogP contribution in [0.1, 0.15) is 33.7 Å². The number of nitrogens with zero attached hydrogens (tertiary/aromatic N) is 2. The lowest BCUT2D eigenvalue weighted by atomic mass is 10.2. The molecule has 0 amide bonds. The molecule has 16 heavy (non-hydrogen) atoms. The summed E-state index contributed by atoms with van der Waals surface area (Å²) in [6.07, 6.45) is 2.09. The molecule has 0 atom stereocenters. The van der Waals surface area contributed by atoms with Crippen LogP contribution < -0.4 is 14.2 Å². The van der Waals surface area contributed by atoms with Crippen molar-refractivity contribution in [1.29, 1.82) is 0 Å². The maximum absolute atomic E-state index is 5.82. The topological polar surface area (TPSA) is 16.4 Å². The van der Waals surface area contributed by atoms with Crippen molar-refractivity contribution >= 4 is 5.69 Å². The van der Waals surface area contributed by atoms with E-state index in [1.165, 1.54) is 5.69 Å². The van der Waals surface area contributed by atoms with Crippen LogP contribution in [-0.2, 0) is 0 Å². The van der Waals surface area contributed by atoms with Crippen molar-refractivity contribution in [2.45, 2.75) is 39.8 Å². The molecule has 1 aromatic heterocycles. The third-order valence-electron chi connectivity index (χ3n) is 3.01. The monoisotopic (exact) mass is 221 g/mol. The molecule has 3 nitrogen and oxygen atoms in total.